The topological polar surface area (TPSA) is 64.9 Å². The van der Waals surface area contributed by atoms with Crippen molar-refractivity contribution in [3.8, 4) is 5.75 Å². The third kappa shape index (κ3) is 3.26. The van der Waals surface area contributed by atoms with Crippen molar-refractivity contribution in [1.82, 2.24) is 19.7 Å². The van der Waals surface area contributed by atoms with Crippen molar-refractivity contribution in [3.63, 3.8) is 0 Å². The lowest BCUT2D eigenvalue weighted by Crippen LogP contribution is -2.10. The van der Waals surface area contributed by atoms with Gasteiger partial charge in [-0.25, -0.2) is 9.97 Å². The summed E-state index contributed by atoms with van der Waals surface area (Å²) in [5, 5.41) is 8.59. The van der Waals surface area contributed by atoms with Gasteiger partial charge in [0.1, 0.15) is 17.9 Å². The lowest BCUT2D eigenvalue weighted by Gasteiger charge is -2.17. The zero-order valence-electron chi connectivity index (χ0n) is 13.8. The molecule has 23 heavy (non-hydrogen) atoms. The molecule has 120 valence electrons. The van der Waals surface area contributed by atoms with Crippen molar-refractivity contribution in [2.24, 2.45) is 7.05 Å². The number of nitrogens with zero attached hydrogens (tertiary/aromatic N) is 4. The van der Waals surface area contributed by atoms with E-state index < -0.39 is 0 Å². The molecule has 0 fully saturated rings. The van der Waals surface area contributed by atoms with Crippen LogP contribution in [0.3, 0.4) is 0 Å². The average Bonchev–Trinajstić information content (AvgIpc) is 2.90. The summed E-state index contributed by atoms with van der Waals surface area (Å²) in [4.78, 5) is 8.61. The van der Waals surface area contributed by atoms with E-state index in [-0.39, 0.29) is 12.1 Å². The molecule has 6 nitrogen and oxygen atoms in total. The maximum Gasteiger partial charge on any atom is 0.163 e. The SMILES string of the molecule is CC(C)Oc1cccc(C(C)Nc2ncnc3c2cnn3C)c1. The van der Waals surface area contributed by atoms with Gasteiger partial charge in [0.15, 0.2) is 5.65 Å². The molecule has 2 aromatic heterocycles. The Balaban J connectivity index is 1.84. The molecule has 3 rings (SSSR count). The quantitative estimate of drug-likeness (QED) is 0.783. The highest BCUT2D eigenvalue weighted by Crippen LogP contribution is 2.25. The first-order valence-corrected chi connectivity index (χ1v) is 7.70. The van der Waals surface area contributed by atoms with Crippen LogP contribution in [0.1, 0.15) is 32.4 Å². The van der Waals surface area contributed by atoms with E-state index in [9.17, 15) is 0 Å². The molecule has 1 unspecified atom stereocenters. The van der Waals surface area contributed by atoms with Crippen LogP contribution in [0.15, 0.2) is 36.8 Å². The van der Waals surface area contributed by atoms with Crippen LogP contribution in [-0.4, -0.2) is 25.9 Å². The zero-order chi connectivity index (χ0) is 16.4. The Labute approximate surface area is 135 Å². The minimum Gasteiger partial charge on any atom is -0.491 e. The van der Waals surface area contributed by atoms with E-state index in [4.69, 9.17) is 4.74 Å². The molecule has 0 saturated carbocycles. The Morgan fingerprint density at radius 2 is 2.00 bits per heavy atom. The minimum atomic E-state index is 0.0871. The number of aromatic nitrogens is 4. The van der Waals surface area contributed by atoms with Crippen LogP contribution < -0.4 is 10.1 Å². The van der Waals surface area contributed by atoms with Gasteiger partial charge in [-0.15, -0.1) is 0 Å². The van der Waals surface area contributed by atoms with E-state index in [0.29, 0.717) is 0 Å². The third-order valence-electron chi connectivity index (χ3n) is 3.61. The fraction of sp³-hybridized carbons (Fsp3) is 0.353. The Kier molecular flexibility index (Phi) is 4.14. The highest BCUT2D eigenvalue weighted by molar-refractivity contribution is 5.86. The Morgan fingerprint density at radius 3 is 2.78 bits per heavy atom. The fourth-order valence-corrected chi connectivity index (χ4v) is 2.49. The summed E-state index contributed by atoms with van der Waals surface area (Å²) in [6, 6.07) is 8.20. The maximum absolute atomic E-state index is 5.76. The lowest BCUT2D eigenvalue weighted by molar-refractivity contribution is 0.242. The first kappa shape index (κ1) is 15.3. The van der Waals surface area contributed by atoms with Gasteiger partial charge in [-0.1, -0.05) is 12.1 Å². The van der Waals surface area contributed by atoms with Gasteiger partial charge in [0, 0.05) is 7.05 Å². The summed E-state index contributed by atoms with van der Waals surface area (Å²) >= 11 is 0. The molecular weight excluding hydrogens is 290 g/mol. The number of hydrogen-bond acceptors (Lipinski definition) is 5. The number of benzene rings is 1. The second-order valence-corrected chi connectivity index (χ2v) is 5.83. The Bertz CT molecular complexity index is 812. The molecule has 0 bridgehead atoms. The number of ether oxygens (including phenoxy) is 1. The third-order valence-corrected chi connectivity index (χ3v) is 3.61. The molecule has 0 aliphatic carbocycles. The molecule has 1 atom stereocenters. The molecule has 0 spiro atoms. The van der Waals surface area contributed by atoms with E-state index >= 15 is 0 Å². The van der Waals surface area contributed by atoms with Gasteiger partial charge in [-0.2, -0.15) is 5.10 Å². The molecular formula is C17H21N5O. The van der Waals surface area contributed by atoms with Crippen molar-refractivity contribution < 1.29 is 4.74 Å². The van der Waals surface area contributed by atoms with Gasteiger partial charge in [0.05, 0.1) is 23.7 Å². The van der Waals surface area contributed by atoms with E-state index in [2.05, 4.69) is 39.4 Å². The molecule has 6 heteroatoms. The molecule has 1 aromatic carbocycles. The van der Waals surface area contributed by atoms with Gasteiger partial charge in [-0.3, -0.25) is 4.68 Å². The van der Waals surface area contributed by atoms with E-state index in [1.165, 1.54) is 0 Å². The largest absolute Gasteiger partial charge is 0.491 e. The number of fused-ring (bicyclic) bond motifs is 1. The first-order chi connectivity index (χ1) is 11.0. The van der Waals surface area contributed by atoms with Crippen molar-refractivity contribution >= 4 is 16.9 Å². The molecule has 3 aromatic rings. The number of aryl methyl sites for hydroxylation is 1. The number of hydrogen-bond donors (Lipinski definition) is 1. The predicted molar refractivity (Wildman–Crippen MR) is 90.5 cm³/mol. The van der Waals surface area contributed by atoms with Crippen LogP contribution in [0.5, 0.6) is 5.75 Å². The van der Waals surface area contributed by atoms with E-state index in [1.54, 1.807) is 17.2 Å². The Hall–Kier alpha value is -2.63. The van der Waals surface area contributed by atoms with Crippen LogP contribution in [0.4, 0.5) is 5.82 Å². The monoisotopic (exact) mass is 311 g/mol. The summed E-state index contributed by atoms with van der Waals surface area (Å²) in [6.45, 7) is 6.14. The number of rotatable bonds is 5. The summed E-state index contributed by atoms with van der Waals surface area (Å²) in [5.41, 5.74) is 1.95. The van der Waals surface area contributed by atoms with Gasteiger partial charge in [-0.05, 0) is 38.5 Å². The molecule has 0 amide bonds. The zero-order valence-corrected chi connectivity index (χ0v) is 13.8. The van der Waals surface area contributed by atoms with Gasteiger partial charge >= 0.3 is 0 Å². The molecule has 2 heterocycles. The average molecular weight is 311 g/mol. The van der Waals surface area contributed by atoms with Crippen LogP contribution in [0.2, 0.25) is 0 Å². The summed E-state index contributed by atoms with van der Waals surface area (Å²) in [7, 11) is 1.87. The van der Waals surface area contributed by atoms with Gasteiger partial charge in [0.2, 0.25) is 0 Å². The molecule has 0 aliphatic rings. The van der Waals surface area contributed by atoms with E-state index in [0.717, 1.165) is 28.2 Å². The van der Waals surface area contributed by atoms with Crippen LogP contribution >= 0.6 is 0 Å². The smallest absolute Gasteiger partial charge is 0.163 e. The normalized spacial score (nSPS) is 12.6. The van der Waals surface area contributed by atoms with Gasteiger partial charge in [0.25, 0.3) is 0 Å². The lowest BCUT2D eigenvalue weighted by atomic mass is 10.1. The molecule has 1 N–H and O–H groups in total. The number of anilines is 1. The summed E-state index contributed by atoms with van der Waals surface area (Å²) in [6.07, 6.45) is 3.49. The van der Waals surface area contributed by atoms with Crippen LogP contribution in [0, 0.1) is 0 Å². The van der Waals surface area contributed by atoms with Crippen LogP contribution in [0.25, 0.3) is 11.0 Å². The van der Waals surface area contributed by atoms with Crippen molar-refractivity contribution in [2.75, 3.05) is 5.32 Å². The molecule has 0 radical (unpaired) electrons. The highest BCUT2D eigenvalue weighted by atomic mass is 16.5. The van der Waals surface area contributed by atoms with Crippen molar-refractivity contribution in [1.29, 1.82) is 0 Å². The summed E-state index contributed by atoms with van der Waals surface area (Å²) in [5.74, 6) is 1.66. The maximum atomic E-state index is 5.76. The fourth-order valence-electron chi connectivity index (χ4n) is 2.49. The molecule has 0 saturated heterocycles. The van der Waals surface area contributed by atoms with Crippen molar-refractivity contribution in [3.05, 3.63) is 42.4 Å². The standard InChI is InChI=1S/C17H21N5O/c1-11(2)23-14-7-5-6-13(8-14)12(3)21-16-15-9-20-22(4)17(15)19-10-18-16/h5-12H,1-4H3,(H,18,19,21). The second-order valence-electron chi connectivity index (χ2n) is 5.83. The van der Waals surface area contributed by atoms with E-state index in [1.807, 2.05) is 33.0 Å². The highest BCUT2D eigenvalue weighted by Gasteiger charge is 2.12. The predicted octanol–water partition coefficient (Wildman–Crippen LogP) is 3.32. The molecule has 0 aliphatic heterocycles. The first-order valence-electron chi connectivity index (χ1n) is 7.70. The van der Waals surface area contributed by atoms with Gasteiger partial charge < -0.3 is 10.1 Å². The second kappa shape index (κ2) is 6.24. The minimum absolute atomic E-state index is 0.0871. The van der Waals surface area contributed by atoms with Crippen molar-refractivity contribution in [2.45, 2.75) is 32.9 Å². The Morgan fingerprint density at radius 1 is 1.17 bits per heavy atom. The summed E-state index contributed by atoms with van der Waals surface area (Å²) < 4.78 is 7.50. The van der Waals surface area contributed by atoms with Crippen LogP contribution in [-0.2, 0) is 7.05 Å². The number of nitrogens with one attached hydrogen (secondary N) is 1.